The van der Waals surface area contributed by atoms with Gasteiger partial charge in [0, 0.05) is 0 Å². The van der Waals surface area contributed by atoms with Gasteiger partial charge in [-0.05, 0) is 30.7 Å². The molecule has 1 N–H and O–H groups in total. The van der Waals surface area contributed by atoms with Gasteiger partial charge in [-0.3, -0.25) is 0 Å². The number of rotatable bonds is 3. The molecule has 1 aromatic carbocycles. The highest BCUT2D eigenvalue weighted by atomic mass is 19.1. The number of benzene rings is 1. The molecule has 0 aliphatic carbocycles. The van der Waals surface area contributed by atoms with Gasteiger partial charge >= 0.3 is 5.97 Å². The second kappa shape index (κ2) is 5.14. The van der Waals surface area contributed by atoms with Crippen LogP contribution in [0.15, 0.2) is 30.1 Å². The molecule has 0 spiro atoms. The van der Waals surface area contributed by atoms with Crippen LogP contribution in [0, 0.1) is 0 Å². The smallest absolute Gasteiger partial charge is 0.367 e. The Kier molecular flexibility index (Phi) is 3.85. The van der Waals surface area contributed by atoms with Gasteiger partial charge in [0.1, 0.15) is 5.75 Å². The maximum Gasteiger partial charge on any atom is 0.367 e. The lowest BCUT2D eigenvalue weighted by molar-refractivity contribution is -0.140. The molecule has 15 heavy (non-hydrogen) atoms. The maximum absolute atomic E-state index is 13.1. The number of halogens is 1. The van der Waals surface area contributed by atoms with E-state index in [-0.39, 0.29) is 12.4 Å². The van der Waals surface area contributed by atoms with Crippen molar-refractivity contribution < 1.29 is 19.0 Å². The number of phenolic OH excluding ortho intramolecular Hbond substituents is 1. The molecule has 0 aromatic heterocycles. The molecular formula is C11H11FO3. The summed E-state index contributed by atoms with van der Waals surface area (Å²) in [4.78, 5) is 10.9. The second-order valence-electron chi connectivity index (χ2n) is 2.80. The fraction of sp³-hybridized carbons (Fsp3) is 0.182. The van der Waals surface area contributed by atoms with Gasteiger partial charge in [0.15, 0.2) is 0 Å². The van der Waals surface area contributed by atoms with Gasteiger partial charge in [-0.15, -0.1) is 0 Å². The monoisotopic (exact) mass is 210 g/mol. The van der Waals surface area contributed by atoms with Crippen LogP contribution in [0.25, 0.3) is 6.08 Å². The van der Waals surface area contributed by atoms with E-state index < -0.39 is 11.8 Å². The van der Waals surface area contributed by atoms with Crippen molar-refractivity contribution in [3.8, 4) is 5.75 Å². The van der Waals surface area contributed by atoms with Crippen LogP contribution in [0.5, 0.6) is 5.75 Å². The third kappa shape index (κ3) is 3.42. The zero-order chi connectivity index (χ0) is 11.3. The van der Waals surface area contributed by atoms with E-state index in [1.807, 2.05) is 0 Å². The third-order valence-electron chi connectivity index (χ3n) is 1.66. The molecular weight excluding hydrogens is 199 g/mol. The van der Waals surface area contributed by atoms with E-state index in [4.69, 9.17) is 5.11 Å². The Morgan fingerprint density at radius 2 is 2.07 bits per heavy atom. The summed E-state index contributed by atoms with van der Waals surface area (Å²) in [5.41, 5.74) is 0.485. The highest BCUT2D eigenvalue weighted by Crippen LogP contribution is 2.13. The zero-order valence-corrected chi connectivity index (χ0v) is 8.24. The Labute approximate surface area is 86.8 Å². The number of phenols is 1. The Balaban J connectivity index is 2.78. The lowest BCUT2D eigenvalue weighted by atomic mass is 10.2. The van der Waals surface area contributed by atoms with Gasteiger partial charge in [0.05, 0.1) is 6.61 Å². The summed E-state index contributed by atoms with van der Waals surface area (Å²) in [7, 11) is 0. The minimum Gasteiger partial charge on any atom is -0.508 e. The molecule has 4 heteroatoms. The number of carbonyl (C=O) groups excluding carboxylic acids is 1. The number of ether oxygens (including phenoxy) is 1. The third-order valence-corrected chi connectivity index (χ3v) is 1.66. The van der Waals surface area contributed by atoms with Crippen molar-refractivity contribution in [2.45, 2.75) is 6.92 Å². The van der Waals surface area contributed by atoms with Crippen molar-refractivity contribution in [3.63, 3.8) is 0 Å². The molecule has 0 aliphatic heterocycles. The summed E-state index contributed by atoms with van der Waals surface area (Å²) in [6.07, 6.45) is 1.05. The van der Waals surface area contributed by atoms with Gasteiger partial charge in [-0.2, -0.15) is 4.39 Å². The van der Waals surface area contributed by atoms with Gasteiger partial charge in [-0.25, -0.2) is 4.79 Å². The quantitative estimate of drug-likeness (QED) is 0.614. The summed E-state index contributed by atoms with van der Waals surface area (Å²) in [5.74, 6) is -1.85. The minimum atomic E-state index is -0.981. The highest BCUT2D eigenvalue weighted by Gasteiger charge is 2.08. The highest BCUT2D eigenvalue weighted by molar-refractivity contribution is 5.91. The standard InChI is InChI=1S/C11H11FO3/c1-2-15-11(14)10(12)7-8-3-5-9(13)6-4-8/h3-7,13H,2H2,1H3. The average molecular weight is 210 g/mol. The lowest BCUT2D eigenvalue weighted by Crippen LogP contribution is -2.03. The summed E-state index contributed by atoms with van der Waals surface area (Å²) in [6, 6.07) is 5.80. The van der Waals surface area contributed by atoms with Crippen molar-refractivity contribution >= 4 is 12.0 Å². The van der Waals surface area contributed by atoms with Crippen molar-refractivity contribution in [1.29, 1.82) is 0 Å². The van der Waals surface area contributed by atoms with Crippen LogP contribution < -0.4 is 0 Å². The molecule has 0 amide bonds. The van der Waals surface area contributed by atoms with E-state index in [0.29, 0.717) is 5.56 Å². The molecule has 0 fully saturated rings. The van der Waals surface area contributed by atoms with Crippen LogP contribution in [0.4, 0.5) is 4.39 Å². The summed E-state index contributed by atoms with van der Waals surface area (Å²) in [5, 5.41) is 8.98. The molecule has 0 bridgehead atoms. The molecule has 0 unspecified atom stereocenters. The molecule has 80 valence electrons. The fourth-order valence-electron chi connectivity index (χ4n) is 0.976. The Bertz CT molecular complexity index is 368. The zero-order valence-electron chi connectivity index (χ0n) is 8.24. The van der Waals surface area contributed by atoms with Crippen molar-refractivity contribution in [2.24, 2.45) is 0 Å². The lowest BCUT2D eigenvalue weighted by Gasteiger charge is -1.98. The maximum atomic E-state index is 13.1. The molecule has 3 nitrogen and oxygen atoms in total. The largest absolute Gasteiger partial charge is 0.508 e. The average Bonchev–Trinajstić information content (AvgIpc) is 2.22. The van der Waals surface area contributed by atoms with Crippen LogP contribution >= 0.6 is 0 Å². The predicted molar refractivity (Wildman–Crippen MR) is 53.8 cm³/mol. The molecule has 0 atom stereocenters. The van der Waals surface area contributed by atoms with Crippen molar-refractivity contribution in [2.75, 3.05) is 6.61 Å². The predicted octanol–water partition coefficient (Wildman–Crippen LogP) is 2.27. The molecule has 0 radical (unpaired) electrons. The van der Waals surface area contributed by atoms with Crippen LogP contribution in [0.3, 0.4) is 0 Å². The number of carbonyl (C=O) groups is 1. The summed E-state index contributed by atoms with van der Waals surface area (Å²) in [6.45, 7) is 1.74. The van der Waals surface area contributed by atoms with Gasteiger partial charge < -0.3 is 9.84 Å². The van der Waals surface area contributed by atoms with Crippen molar-refractivity contribution in [3.05, 3.63) is 35.7 Å². The first kappa shape index (κ1) is 11.2. The van der Waals surface area contributed by atoms with Crippen molar-refractivity contribution in [1.82, 2.24) is 0 Å². The van der Waals surface area contributed by atoms with Crippen LogP contribution in [0.2, 0.25) is 0 Å². The molecule has 0 aliphatic rings. The first-order valence-electron chi connectivity index (χ1n) is 4.47. The van der Waals surface area contributed by atoms with Crippen LogP contribution in [0.1, 0.15) is 12.5 Å². The summed E-state index contributed by atoms with van der Waals surface area (Å²) < 4.78 is 17.6. The normalized spacial score (nSPS) is 11.2. The fourth-order valence-corrected chi connectivity index (χ4v) is 0.976. The van der Waals surface area contributed by atoms with Gasteiger partial charge in [-0.1, -0.05) is 12.1 Å². The van der Waals surface area contributed by atoms with Crippen LogP contribution in [-0.4, -0.2) is 17.7 Å². The number of hydrogen-bond acceptors (Lipinski definition) is 3. The Morgan fingerprint density at radius 3 is 2.60 bits per heavy atom. The Morgan fingerprint density at radius 1 is 1.47 bits per heavy atom. The van der Waals surface area contributed by atoms with E-state index in [9.17, 15) is 9.18 Å². The summed E-state index contributed by atoms with van der Waals surface area (Å²) >= 11 is 0. The van der Waals surface area contributed by atoms with E-state index in [2.05, 4.69) is 4.74 Å². The molecule has 1 aromatic rings. The molecule has 0 saturated heterocycles. The first-order valence-corrected chi connectivity index (χ1v) is 4.47. The van der Waals surface area contributed by atoms with E-state index in [1.54, 1.807) is 6.92 Å². The number of aromatic hydroxyl groups is 1. The van der Waals surface area contributed by atoms with Crippen LogP contribution in [-0.2, 0) is 9.53 Å². The van der Waals surface area contributed by atoms with Gasteiger partial charge in [0.2, 0.25) is 5.83 Å². The molecule has 1 rings (SSSR count). The molecule has 0 heterocycles. The topological polar surface area (TPSA) is 46.5 Å². The first-order chi connectivity index (χ1) is 7.13. The minimum absolute atomic E-state index is 0.0868. The number of hydrogen-bond donors (Lipinski definition) is 1. The number of esters is 1. The van der Waals surface area contributed by atoms with E-state index in [0.717, 1.165) is 6.08 Å². The Hall–Kier alpha value is -1.84. The second-order valence-corrected chi connectivity index (χ2v) is 2.80. The van der Waals surface area contributed by atoms with E-state index >= 15 is 0 Å². The SMILES string of the molecule is CCOC(=O)C(F)=Cc1ccc(O)cc1. The molecule has 0 saturated carbocycles. The van der Waals surface area contributed by atoms with E-state index in [1.165, 1.54) is 24.3 Å². The van der Waals surface area contributed by atoms with Gasteiger partial charge in [0.25, 0.3) is 0 Å².